The maximum absolute atomic E-state index is 8.75. The Hall–Kier alpha value is -0.800. The highest BCUT2D eigenvalue weighted by Gasteiger charge is 2.03. The second kappa shape index (κ2) is 3.07. The van der Waals surface area contributed by atoms with E-state index in [9.17, 15) is 0 Å². The fourth-order valence-electron chi connectivity index (χ4n) is 0.771. The van der Waals surface area contributed by atoms with Crippen molar-refractivity contribution in [3.63, 3.8) is 0 Å². The highest BCUT2D eigenvalue weighted by atomic mass is 35.5. The first-order valence-electron chi connectivity index (χ1n) is 3.17. The van der Waals surface area contributed by atoms with Crippen molar-refractivity contribution in [2.24, 2.45) is 0 Å². The Bertz CT molecular complexity index is 275. The predicted molar refractivity (Wildman–Crippen MR) is 44.3 cm³/mol. The van der Waals surface area contributed by atoms with Gasteiger partial charge in [0.05, 0.1) is 28.7 Å². The minimum absolute atomic E-state index is 0.149. The van der Waals surface area contributed by atoms with Gasteiger partial charge in [0, 0.05) is 0 Å². The van der Waals surface area contributed by atoms with Crippen LogP contribution in [-0.2, 0) is 6.61 Å². The van der Waals surface area contributed by atoms with Gasteiger partial charge in [-0.25, -0.2) is 0 Å². The molecular weight excluding hydrogens is 164 g/mol. The van der Waals surface area contributed by atoms with Crippen molar-refractivity contribution in [2.75, 3.05) is 5.73 Å². The minimum Gasteiger partial charge on any atom is -0.397 e. The average Bonchev–Trinajstić information content (AvgIpc) is 1.97. The van der Waals surface area contributed by atoms with Crippen LogP contribution >= 0.6 is 11.6 Å². The molecule has 0 aliphatic carbocycles. The molecule has 0 spiro atoms. The van der Waals surface area contributed by atoms with Gasteiger partial charge >= 0.3 is 0 Å². The first-order valence-corrected chi connectivity index (χ1v) is 3.55. The fourth-order valence-corrected chi connectivity index (χ4v) is 0.931. The van der Waals surface area contributed by atoms with E-state index < -0.39 is 0 Å². The number of aryl methyl sites for hydroxylation is 1. The number of hydrogen-bond acceptors (Lipinski definition) is 3. The van der Waals surface area contributed by atoms with Gasteiger partial charge in [0.1, 0.15) is 0 Å². The van der Waals surface area contributed by atoms with Crippen molar-refractivity contribution in [2.45, 2.75) is 13.5 Å². The highest BCUT2D eigenvalue weighted by Crippen LogP contribution is 2.18. The van der Waals surface area contributed by atoms with Crippen LogP contribution in [0.1, 0.15) is 11.4 Å². The molecule has 1 aromatic heterocycles. The van der Waals surface area contributed by atoms with Gasteiger partial charge in [-0.3, -0.25) is 4.98 Å². The predicted octanol–water partition coefficient (Wildman–Crippen LogP) is 1.12. The average molecular weight is 173 g/mol. The molecule has 0 saturated carbocycles. The first kappa shape index (κ1) is 8.30. The first-order chi connectivity index (χ1) is 5.15. The molecule has 3 nitrogen and oxygen atoms in total. The number of aliphatic hydroxyl groups excluding tert-OH is 1. The molecule has 0 radical (unpaired) electrons. The van der Waals surface area contributed by atoms with Crippen LogP contribution in [0, 0.1) is 6.92 Å². The highest BCUT2D eigenvalue weighted by molar-refractivity contribution is 6.31. The van der Waals surface area contributed by atoms with Gasteiger partial charge in [-0.05, 0) is 13.0 Å². The summed E-state index contributed by atoms with van der Waals surface area (Å²) in [5.41, 5.74) is 7.09. The molecule has 0 saturated heterocycles. The number of nitrogens with two attached hydrogens (primary N) is 1. The fraction of sp³-hybridized carbons (Fsp3) is 0.286. The number of hydrogen-bond donors (Lipinski definition) is 2. The van der Waals surface area contributed by atoms with E-state index in [1.165, 1.54) is 0 Å². The molecule has 4 heteroatoms. The molecule has 1 heterocycles. The molecule has 11 heavy (non-hydrogen) atoms. The van der Waals surface area contributed by atoms with E-state index in [0.29, 0.717) is 22.1 Å². The van der Waals surface area contributed by atoms with Crippen LogP contribution in [0.3, 0.4) is 0 Å². The number of nitrogen functional groups attached to an aromatic ring is 1. The summed E-state index contributed by atoms with van der Waals surface area (Å²) in [6.45, 7) is 1.62. The molecule has 0 bridgehead atoms. The van der Waals surface area contributed by atoms with Gasteiger partial charge in [-0.15, -0.1) is 0 Å². The Morgan fingerprint density at radius 2 is 2.36 bits per heavy atom. The van der Waals surface area contributed by atoms with E-state index in [-0.39, 0.29) is 6.61 Å². The zero-order valence-electron chi connectivity index (χ0n) is 6.13. The summed E-state index contributed by atoms with van der Waals surface area (Å²) in [4.78, 5) is 3.98. The van der Waals surface area contributed by atoms with Crippen LogP contribution < -0.4 is 5.73 Å². The Labute approximate surface area is 69.8 Å². The summed E-state index contributed by atoms with van der Waals surface area (Å²) < 4.78 is 0. The Morgan fingerprint density at radius 3 is 2.91 bits per heavy atom. The van der Waals surface area contributed by atoms with Gasteiger partial charge in [0.2, 0.25) is 0 Å². The maximum Gasteiger partial charge on any atom is 0.0891 e. The molecule has 0 atom stereocenters. The third-order valence-corrected chi connectivity index (χ3v) is 1.80. The molecular formula is C7H9ClN2O. The van der Waals surface area contributed by atoms with Gasteiger partial charge in [-0.2, -0.15) is 0 Å². The number of aliphatic hydroxyl groups is 1. The SMILES string of the molecule is Cc1nc(CO)c(N)cc1Cl. The molecule has 0 aliphatic rings. The lowest BCUT2D eigenvalue weighted by Gasteiger charge is -2.03. The molecule has 0 amide bonds. The van der Waals surface area contributed by atoms with Crippen molar-refractivity contribution >= 4 is 17.3 Å². The number of nitrogens with zero attached hydrogens (tertiary/aromatic N) is 1. The third kappa shape index (κ3) is 1.61. The summed E-state index contributed by atoms with van der Waals surface area (Å²) in [7, 11) is 0. The van der Waals surface area contributed by atoms with Gasteiger partial charge < -0.3 is 10.8 Å². The van der Waals surface area contributed by atoms with Gasteiger partial charge in [0.25, 0.3) is 0 Å². The molecule has 0 fully saturated rings. The van der Waals surface area contributed by atoms with Crippen LogP contribution in [0.5, 0.6) is 0 Å². The molecule has 1 rings (SSSR count). The summed E-state index contributed by atoms with van der Waals surface area (Å²) in [6, 6.07) is 1.59. The smallest absolute Gasteiger partial charge is 0.0891 e. The molecule has 0 unspecified atom stereocenters. The monoisotopic (exact) mass is 172 g/mol. The lowest BCUT2D eigenvalue weighted by Crippen LogP contribution is -1.99. The summed E-state index contributed by atoms with van der Waals surface area (Å²) in [6.07, 6.45) is 0. The van der Waals surface area contributed by atoms with Crippen molar-refractivity contribution in [3.8, 4) is 0 Å². The summed E-state index contributed by atoms with van der Waals surface area (Å²) >= 11 is 5.72. The molecule has 0 aromatic carbocycles. The Balaban J connectivity index is 3.21. The van der Waals surface area contributed by atoms with Gasteiger partial charge in [-0.1, -0.05) is 11.6 Å². The van der Waals surface area contributed by atoms with Crippen LogP contribution in [0.15, 0.2) is 6.07 Å². The molecule has 3 N–H and O–H groups in total. The quantitative estimate of drug-likeness (QED) is 0.668. The summed E-state index contributed by atoms with van der Waals surface area (Å²) in [5.74, 6) is 0. The zero-order valence-corrected chi connectivity index (χ0v) is 6.89. The number of aromatic nitrogens is 1. The van der Waals surface area contributed by atoms with E-state index in [4.69, 9.17) is 22.4 Å². The summed E-state index contributed by atoms with van der Waals surface area (Å²) in [5, 5.41) is 9.28. The normalized spacial score (nSPS) is 10.1. The van der Waals surface area contributed by atoms with E-state index in [0.717, 1.165) is 0 Å². The molecule has 0 aliphatic heterocycles. The largest absolute Gasteiger partial charge is 0.397 e. The van der Waals surface area contributed by atoms with E-state index in [2.05, 4.69) is 4.98 Å². The number of halogens is 1. The number of anilines is 1. The van der Waals surface area contributed by atoms with Crippen LogP contribution in [0.4, 0.5) is 5.69 Å². The second-order valence-electron chi connectivity index (χ2n) is 2.25. The van der Waals surface area contributed by atoms with Gasteiger partial charge in [0.15, 0.2) is 0 Å². The Morgan fingerprint density at radius 1 is 1.73 bits per heavy atom. The van der Waals surface area contributed by atoms with Crippen LogP contribution in [0.2, 0.25) is 5.02 Å². The Kier molecular flexibility index (Phi) is 2.31. The van der Waals surface area contributed by atoms with E-state index >= 15 is 0 Å². The van der Waals surface area contributed by atoms with Crippen molar-refractivity contribution < 1.29 is 5.11 Å². The minimum atomic E-state index is -0.149. The van der Waals surface area contributed by atoms with Crippen LogP contribution in [0.25, 0.3) is 0 Å². The van der Waals surface area contributed by atoms with E-state index in [1.807, 2.05) is 0 Å². The zero-order chi connectivity index (χ0) is 8.43. The van der Waals surface area contributed by atoms with Crippen LogP contribution in [-0.4, -0.2) is 10.1 Å². The maximum atomic E-state index is 8.75. The van der Waals surface area contributed by atoms with Crippen molar-refractivity contribution in [1.29, 1.82) is 0 Å². The standard InChI is InChI=1S/C7H9ClN2O/c1-4-5(8)2-6(9)7(3-11)10-4/h2,11H,3,9H2,1H3. The topological polar surface area (TPSA) is 59.1 Å². The third-order valence-electron chi connectivity index (χ3n) is 1.41. The lowest BCUT2D eigenvalue weighted by atomic mass is 10.3. The molecule has 60 valence electrons. The molecule has 1 aromatic rings. The lowest BCUT2D eigenvalue weighted by molar-refractivity contribution is 0.277. The second-order valence-corrected chi connectivity index (χ2v) is 2.66. The van der Waals surface area contributed by atoms with E-state index in [1.54, 1.807) is 13.0 Å². The van der Waals surface area contributed by atoms with Crippen molar-refractivity contribution in [1.82, 2.24) is 4.98 Å². The van der Waals surface area contributed by atoms with Crippen molar-refractivity contribution in [3.05, 3.63) is 22.5 Å². The number of rotatable bonds is 1. The number of pyridine rings is 1.